The Hall–Kier alpha value is -1.42. The van der Waals surface area contributed by atoms with Crippen LogP contribution in [0.4, 0.5) is 5.82 Å². The van der Waals surface area contributed by atoms with Crippen LogP contribution in [0.1, 0.15) is 10.4 Å². The second kappa shape index (κ2) is 4.57. The molecule has 0 atom stereocenters. The first kappa shape index (κ1) is 9.67. The van der Waals surface area contributed by atoms with Crippen molar-refractivity contribution in [2.75, 3.05) is 25.1 Å². The van der Waals surface area contributed by atoms with E-state index in [0.717, 1.165) is 6.29 Å². The molecule has 0 saturated carbocycles. The minimum atomic E-state index is 0.0470. The zero-order valence-corrected chi connectivity index (χ0v) is 7.47. The monoisotopic (exact) mass is 180 g/mol. The van der Waals surface area contributed by atoms with E-state index in [9.17, 15) is 4.79 Å². The van der Waals surface area contributed by atoms with Crippen LogP contribution in [0.5, 0.6) is 0 Å². The van der Waals surface area contributed by atoms with E-state index < -0.39 is 0 Å². The summed E-state index contributed by atoms with van der Waals surface area (Å²) < 4.78 is 0. The number of carbonyl (C=O) groups is 1. The van der Waals surface area contributed by atoms with E-state index in [1.807, 2.05) is 0 Å². The Morgan fingerprint density at radius 3 is 3.08 bits per heavy atom. The average molecular weight is 180 g/mol. The Labute approximate surface area is 76.8 Å². The quantitative estimate of drug-likeness (QED) is 0.678. The number of rotatable bonds is 4. The SMILES string of the molecule is CN(CCO)c1ncccc1C=O. The molecule has 0 spiro atoms. The van der Waals surface area contributed by atoms with Crippen LogP contribution in [-0.2, 0) is 0 Å². The normalized spacial score (nSPS) is 9.69. The molecule has 1 rings (SSSR count). The Bertz CT molecular complexity index is 289. The lowest BCUT2D eigenvalue weighted by atomic mass is 10.2. The predicted molar refractivity (Wildman–Crippen MR) is 50.0 cm³/mol. The summed E-state index contributed by atoms with van der Waals surface area (Å²) in [6, 6.07) is 3.41. The van der Waals surface area contributed by atoms with Gasteiger partial charge in [-0.15, -0.1) is 0 Å². The molecule has 0 saturated heterocycles. The van der Waals surface area contributed by atoms with Crippen molar-refractivity contribution in [1.29, 1.82) is 0 Å². The lowest BCUT2D eigenvalue weighted by molar-refractivity contribution is 0.112. The van der Waals surface area contributed by atoms with Crippen LogP contribution >= 0.6 is 0 Å². The van der Waals surface area contributed by atoms with Crippen LogP contribution in [0.15, 0.2) is 18.3 Å². The van der Waals surface area contributed by atoms with Gasteiger partial charge in [0.05, 0.1) is 12.2 Å². The summed E-state index contributed by atoms with van der Waals surface area (Å²) in [5.74, 6) is 0.603. The van der Waals surface area contributed by atoms with Crippen LogP contribution in [0, 0.1) is 0 Å². The van der Waals surface area contributed by atoms with Crippen LogP contribution in [0.2, 0.25) is 0 Å². The van der Waals surface area contributed by atoms with Gasteiger partial charge in [0.15, 0.2) is 6.29 Å². The largest absolute Gasteiger partial charge is 0.395 e. The zero-order chi connectivity index (χ0) is 9.68. The number of nitrogens with zero attached hydrogens (tertiary/aromatic N) is 2. The maximum atomic E-state index is 10.6. The molecule has 1 aromatic rings. The highest BCUT2D eigenvalue weighted by Gasteiger charge is 2.06. The van der Waals surface area contributed by atoms with Gasteiger partial charge in [0.1, 0.15) is 5.82 Å². The lowest BCUT2D eigenvalue weighted by Crippen LogP contribution is -2.23. The van der Waals surface area contributed by atoms with Gasteiger partial charge in [-0.2, -0.15) is 0 Å². The van der Waals surface area contributed by atoms with Gasteiger partial charge in [0, 0.05) is 19.8 Å². The fourth-order valence-electron chi connectivity index (χ4n) is 1.08. The van der Waals surface area contributed by atoms with E-state index in [0.29, 0.717) is 17.9 Å². The molecular weight excluding hydrogens is 168 g/mol. The van der Waals surface area contributed by atoms with Gasteiger partial charge in [-0.05, 0) is 12.1 Å². The fourth-order valence-corrected chi connectivity index (χ4v) is 1.08. The average Bonchev–Trinajstić information content (AvgIpc) is 2.18. The van der Waals surface area contributed by atoms with Gasteiger partial charge in [0.2, 0.25) is 0 Å². The number of anilines is 1. The van der Waals surface area contributed by atoms with Gasteiger partial charge in [-0.3, -0.25) is 4.79 Å². The highest BCUT2D eigenvalue weighted by atomic mass is 16.3. The third-order valence-corrected chi connectivity index (χ3v) is 1.74. The Morgan fingerprint density at radius 1 is 1.69 bits per heavy atom. The van der Waals surface area contributed by atoms with E-state index in [4.69, 9.17) is 5.11 Å². The number of likely N-dealkylation sites (N-methyl/N-ethyl adjacent to an activating group) is 1. The molecule has 0 aliphatic carbocycles. The number of hydrogen-bond donors (Lipinski definition) is 1. The number of hydrogen-bond acceptors (Lipinski definition) is 4. The molecule has 0 fully saturated rings. The van der Waals surface area contributed by atoms with E-state index in [-0.39, 0.29) is 6.61 Å². The molecule has 4 heteroatoms. The van der Waals surface area contributed by atoms with Crippen molar-refractivity contribution >= 4 is 12.1 Å². The van der Waals surface area contributed by atoms with E-state index >= 15 is 0 Å². The summed E-state index contributed by atoms with van der Waals surface area (Å²) in [5.41, 5.74) is 0.540. The Kier molecular flexibility index (Phi) is 3.40. The standard InChI is InChI=1S/C9H12N2O2/c1-11(5-6-12)9-8(7-13)3-2-4-10-9/h2-4,7,12H,5-6H2,1H3. The predicted octanol–water partition coefficient (Wildman–Crippen LogP) is 0.323. The van der Waals surface area contributed by atoms with Crippen molar-refractivity contribution in [3.05, 3.63) is 23.9 Å². The summed E-state index contributed by atoms with van der Waals surface area (Å²) in [4.78, 5) is 16.4. The highest BCUT2D eigenvalue weighted by molar-refractivity contribution is 5.82. The summed E-state index contributed by atoms with van der Waals surface area (Å²) in [6.07, 6.45) is 2.38. The molecule has 0 aromatic carbocycles. The first-order valence-electron chi connectivity index (χ1n) is 4.01. The molecule has 13 heavy (non-hydrogen) atoms. The molecule has 0 amide bonds. The van der Waals surface area contributed by atoms with Gasteiger partial charge in [-0.1, -0.05) is 0 Å². The number of aliphatic hydroxyl groups is 1. The number of aldehydes is 1. The van der Waals surface area contributed by atoms with Crippen LogP contribution < -0.4 is 4.90 Å². The minimum absolute atomic E-state index is 0.0470. The summed E-state index contributed by atoms with van der Waals surface area (Å²) >= 11 is 0. The molecule has 1 heterocycles. The van der Waals surface area contributed by atoms with Crippen LogP contribution in [0.25, 0.3) is 0 Å². The fraction of sp³-hybridized carbons (Fsp3) is 0.333. The van der Waals surface area contributed by atoms with Gasteiger partial charge >= 0.3 is 0 Å². The minimum Gasteiger partial charge on any atom is -0.395 e. The van der Waals surface area contributed by atoms with E-state index in [1.54, 1.807) is 30.3 Å². The van der Waals surface area contributed by atoms with Gasteiger partial charge in [-0.25, -0.2) is 4.98 Å². The molecule has 4 nitrogen and oxygen atoms in total. The van der Waals surface area contributed by atoms with Crippen molar-refractivity contribution in [2.45, 2.75) is 0 Å². The highest BCUT2D eigenvalue weighted by Crippen LogP contribution is 2.12. The summed E-state index contributed by atoms with van der Waals surface area (Å²) in [5, 5.41) is 8.70. The zero-order valence-electron chi connectivity index (χ0n) is 7.47. The van der Waals surface area contributed by atoms with Crippen molar-refractivity contribution in [2.24, 2.45) is 0 Å². The maximum absolute atomic E-state index is 10.6. The molecule has 0 unspecified atom stereocenters. The third-order valence-electron chi connectivity index (χ3n) is 1.74. The van der Waals surface area contributed by atoms with Gasteiger partial charge < -0.3 is 10.0 Å². The Balaban J connectivity index is 2.91. The van der Waals surface area contributed by atoms with Crippen molar-refractivity contribution < 1.29 is 9.90 Å². The smallest absolute Gasteiger partial charge is 0.153 e. The number of aromatic nitrogens is 1. The number of pyridine rings is 1. The molecule has 70 valence electrons. The van der Waals surface area contributed by atoms with E-state index in [2.05, 4.69) is 4.98 Å². The third kappa shape index (κ3) is 2.26. The Morgan fingerprint density at radius 2 is 2.46 bits per heavy atom. The summed E-state index contributed by atoms with van der Waals surface area (Å²) in [6.45, 7) is 0.517. The van der Waals surface area contributed by atoms with Crippen molar-refractivity contribution in [3.8, 4) is 0 Å². The van der Waals surface area contributed by atoms with Gasteiger partial charge in [0.25, 0.3) is 0 Å². The first-order valence-corrected chi connectivity index (χ1v) is 4.01. The molecule has 0 aliphatic heterocycles. The topological polar surface area (TPSA) is 53.4 Å². The van der Waals surface area contributed by atoms with Crippen LogP contribution in [0.3, 0.4) is 0 Å². The second-order valence-electron chi connectivity index (χ2n) is 2.68. The molecule has 0 radical (unpaired) electrons. The molecular formula is C9H12N2O2. The molecule has 1 aromatic heterocycles. The second-order valence-corrected chi connectivity index (χ2v) is 2.68. The lowest BCUT2D eigenvalue weighted by Gasteiger charge is -2.17. The van der Waals surface area contributed by atoms with E-state index in [1.165, 1.54) is 0 Å². The molecule has 0 bridgehead atoms. The number of carbonyl (C=O) groups excluding carboxylic acids is 1. The molecule has 1 N–H and O–H groups in total. The van der Waals surface area contributed by atoms with Crippen LogP contribution in [-0.4, -0.2) is 36.6 Å². The van der Waals surface area contributed by atoms with Crippen molar-refractivity contribution in [1.82, 2.24) is 4.98 Å². The summed E-state index contributed by atoms with van der Waals surface area (Å²) in [7, 11) is 1.78. The number of aliphatic hydroxyl groups excluding tert-OH is 1. The molecule has 0 aliphatic rings. The van der Waals surface area contributed by atoms with Crippen molar-refractivity contribution in [3.63, 3.8) is 0 Å². The first-order chi connectivity index (χ1) is 6.29. The maximum Gasteiger partial charge on any atom is 0.153 e.